The molecule has 0 aliphatic carbocycles. The number of hydrogen-bond donors (Lipinski definition) is 1. The lowest BCUT2D eigenvalue weighted by atomic mass is 9.92. The fraction of sp³-hybridized carbons (Fsp3) is 0.900. The van der Waals surface area contributed by atoms with E-state index in [0.717, 1.165) is 12.8 Å². The van der Waals surface area contributed by atoms with Crippen molar-refractivity contribution in [3.8, 4) is 0 Å². The van der Waals surface area contributed by atoms with Crippen LogP contribution in [0.2, 0.25) is 0 Å². The number of amides is 1. The highest BCUT2D eigenvalue weighted by molar-refractivity contribution is 5.67. The van der Waals surface area contributed by atoms with Crippen LogP contribution in [0.1, 0.15) is 26.7 Å². The molecule has 1 rings (SSSR count). The van der Waals surface area contributed by atoms with Crippen LogP contribution in [0, 0.1) is 5.92 Å². The molecule has 0 bridgehead atoms. The molecule has 0 saturated carbocycles. The smallest absolute Gasteiger partial charge is 0.409 e. The second-order valence-electron chi connectivity index (χ2n) is 3.76. The van der Waals surface area contributed by atoms with Gasteiger partial charge in [-0.15, -0.1) is 0 Å². The van der Waals surface area contributed by atoms with Crippen molar-refractivity contribution in [2.75, 3.05) is 19.7 Å². The molecule has 1 heterocycles. The summed E-state index contributed by atoms with van der Waals surface area (Å²) in [7, 11) is 0. The first kappa shape index (κ1) is 11.3. The molecule has 4 nitrogen and oxygen atoms in total. The summed E-state index contributed by atoms with van der Waals surface area (Å²) < 4.78 is 4.90. The van der Waals surface area contributed by atoms with E-state index in [1.165, 1.54) is 0 Å². The van der Waals surface area contributed by atoms with Gasteiger partial charge in [0.25, 0.3) is 0 Å². The minimum atomic E-state index is -0.264. The summed E-state index contributed by atoms with van der Waals surface area (Å²) >= 11 is 0. The Balaban J connectivity index is 2.31. The number of carbonyl (C=O) groups is 1. The summed E-state index contributed by atoms with van der Waals surface area (Å²) in [5, 5.41) is 9.37. The van der Waals surface area contributed by atoms with Crippen LogP contribution in [0.4, 0.5) is 4.79 Å². The van der Waals surface area contributed by atoms with Crippen molar-refractivity contribution in [3.63, 3.8) is 0 Å². The number of nitrogens with zero attached hydrogens (tertiary/aromatic N) is 1. The SMILES string of the molecule is CCOC(=O)N1CCC([C@@H](C)O)CC1. The number of carbonyl (C=O) groups excluding carboxylic acids is 1. The number of ether oxygens (including phenoxy) is 1. The summed E-state index contributed by atoms with van der Waals surface area (Å²) in [5.41, 5.74) is 0. The highest BCUT2D eigenvalue weighted by Gasteiger charge is 2.25. The first-order valence-corrected chi connectivity index (χ1v) is 5.25. The Morgan fingerprint density at radius 3 is 2.57 bits per heavy atom. The Labute approximate surface area is 84.8 Å². The van der Waals surface area contributed by atoms with Crippen molar-refractivity contribution in [3.05, 3.63) is 0 Å². The minimum absolute atomic E-state index is 0.225. The van der Waals surface area contributed by atoms with Gasteiger partial charge in [0.2, 0.25) is 0 Å². The first-order chi connectivity index (χ1) is 6.65. The molecular formula is C10H19NO3. The second kappa shape index (κ2) is 5.20. The number of rotatable bonds is 2. The molecule has 1 saturated heterocycles. The molecule has 82 valence electrons. The molecule has 0 aromatic carbocycles. The van der Waals surface area contributed by atoms with Gasteiger partial charge >= 0.3 is 6.09 Å². The molecule has 1 amide bonds. The zero-order valence-corrected chi connectivity index (χ0v) is 8.90. The number of piperidine rings is 1. The van der Waals surface area contributed by atoms with Gasteiger partial charge in [0, 0.05) is 13.1 Å². The maximum absolute atomic E-state index is 11.3. The zero-order valence-electron chi connectivity index (χ0n) is 8.90. The fourth-order valence-corrected chi connectivity index (χ4v) is 1.78. The van der Waals surface area contributed by atoms with Gasteiger partial charge in [0.1, 0.15) is 0 Å². The number of likely N-dealkylation sites (tertiary alicyclic amines) is 1. The number of aliphatic hydroxyl groups is 1. The van der Waals surface area contributed by atoms with Crippen molar-refractivity contribution in [1.82, 2.24) is 4.90 Å². The largest absolute Gasteiger partial charge is 0.450 e. The minimum Gasteiger partial charge on any atom is -0.450 e. The quantitative estimate of drug-likeness (QED) is 0.731. The average molecular weight is 201 g/mol. The Hall–Kier alpha value is -0.770. The van der Waals surface area contributed by atoms with Crippen LogP contribution in [0.3, 0.4) is 0 Å². The Bertz CT molecular complexity index is 186. The fourth-order valence-electron chi connectivity index (χ4n) is 1.78. The third-order valence-corrected chi connectivity index (χ3v) is 2.75. The molecule has 1 fully saturated rings. The van der Waals surface area contributed by atoms with E-state index in [1.54, 1.807) is 11.8 Å². The third-order valence-electron chi connectivity index (χ3n) is 2.75. The maximum Gasteiger partial charge on any atom is 0.409 e. The molecule has 0 unspecified atom stereocenters. The van der Waals surface area contributed by atoms with Gasteiger partial charge < -0.3 is 14.7 Å². The third kappa shape index (κ3) is 2.87. The summed E-state index contributed by atoms with van der Waals surface area (Å²) in [5.74, 6) is 0.334. The van der Waals surface area contributed by atoms with E-state index in [-0.39, 0.29) is 12.2 Å². The Morgan fingerprint density at radius 1 is 1.57 bits per heavy atom. The van der Waals surface area contributed by atoms with E-state index < -0.39 is 0 Å². The van der Waals surface area contributed by atoms with Gasteiger partial charge in [-0.25, -0.2) is 4.79 Å². The van der Waals surface area contributed by atoms with Gasteiger partial charge in [0.15, 0.2) is 0 Å². The zero-order chi connectivity index (χ0) is 10.6. The molecule has 4 heteroatoms. The molecule has 0 radical (unpaired) electrons. The van der Waals surface area contributed by atoms with Gasteiger partial charge in [-0.05, 0) is 32.6 Å². The normalized spacial score (nSPS) is 20.6. The number of hydrogen-bond acceptors (Lipinski definition) is 3. The van der Waals surface area contributed by atoms with Crippen molar-refractivity contribution < 1.29 is 14.6 Å². The van der Waals surface area contributed by atoms with Gasteiger partial charge in [-0.3, -0.25) is 0 Å². The lowest BCUT2D eigenvalue weighted by Gasteiger charge is -2.32. The molecule has 1 atom stereocenters. The molecule has 1 aliphatic heterocycles. The maximum atomic E-state index is 11.3. The van der Waals surface area contributed by atoms with E-state index in [4.69, 9.17) is 4.74 Å². The predicted molar refractivity (Wildman–Crippen MR) is 53.0 cm³/mol. The van der Waals surface area contributed by atoms with Crippen molar-refractivity contribution in [2.45, 2.75) is 32.8 Å². The van der Waals surface area contributed by atoms with E-state index in [1.807, 2.05) is 6.92 Å². The van der Waals surface area contributed by atoms with Gasteiger partial charge in [-0.1, -0.05) is 0 Å². The van der Waals surface area contributed by atoms with Crippen LogP contribution in [-0.4, -0.2) is 41.9 Å². The van der Waals surface area contributed by atoms with E-state index in [0.29, 0.717) is 25.6 Å². The van der Waals surface area contributed by atoms with Crippen LogP contribution in [-0.2, 0) is 4.74 Å². The summed E-state index contributed by atoms with van der Waals surface area (Å²) in [4.78, 5) is 13.0. The molecule has 1 aliphatic rings. The van der Waals surface area contributed by atoms with Gasteiger partial charge in [0.05, 0.1) is 12.7 Å². The van der Waals surface area contributed by atoms with Gasteiger partial charge in [-0.2, -0.15) is 0 Å². The van der Waals surface area contributed by atoms with E-state index in [2.05, 4.69) is 0 Å². The predicted octanol–water partition coefficient (Wildman–Crippen LogP) is 1.24. The van der Waals surface area contributed by atoms with Crippen molar-refractivity contribution in [1.29, 1.82) is 0 Å². The molecular weight excluding hydrogens is 182 g/mol. The van der Waals surface area contributed by atoms with Crippen LogP contribution >= 0.6 is 0 Å². The standard InChI is InChI=1S/C10H19NO3/c1-3-14-10(13)11-6-4-9(5-7-11)8(2)12/h8-9,12H,3-7H2,1-2H3/t8-/m1/s1. The lowest BCUT2D eigenvalue weighted by Crippen LogP contribution is -2.41. The average Bonchev–Trinajstić information content (AvgIpc) is 2.18. The molecule has 0 spiro atoms. The summed E-state index contributed by atoms with van der Waals surface area (Å²) in [6.45, 7) is 5.45. The van der Waals surface area contributed by atoms with E-state index in [9.17, 15) is 9.90 Å². The van der Waals surface area contributed by atoms with Crippen LogP contribution in [0.15, 0.2) is 0 Å². The summed E-state index contributed by atoms with van der Waals surface area (Å²) in [6.07, 6.45) is 1.25. The molecule has 14 heavy (non-hydrogen) atoms. The Kier molecular flexibility index (Phi) is 4.20. The Morgan fingerprint density at radius 2 is 2.14 bits per heavy atom. The number of aliphatic hydroxyl groups excluding tert-OH is 1. The van der Waals surface area contributed by atoms with Crippen LogP contribution < -0.4 is 0 Å². The van der Waals surface area contributed by atoms with Crippen LogP contribution in [0.25, 0.3) is 0 Å². The topological polar surface area (TPSA) is 49.8 Å². The first-order valence-electron chi connectivity index (χ1n) is 5.25. The van der Waals surface area contributed by atoms with Crippen molar-refractivity contribution in [2.24, 2.45) is 5.92 Å². The van der Waals surface area contributed by atoms with Crippen molar-refractivity contribution >= 4 is 6.09 Å². The van der Waals surface area contributed by atoms with Crippen LogP contribution in [0.5, 0.6) is 0 Å². The lowest BCUT2D eigenvalue weighted by molar-refractivity contribution is 0.0570. The summed E-state index contributed by atoms with van der Waals surface area (Å²) in [6, 6.07) is 0. The molecule has 1 N–H and O–H groups in total. The second-order valence-corrected chi connectivity index (χ2v) is 3.76. The molecule has 0 aromatic heterocycles. The highest BCUT2D eigenvalue weighted by atomic mass is 16.6. The molecule has 0 aromatic rings. The van der Waals surface area contributed by atoms with E-state index >= 15 is 0 Å². The highest BCUT2D eigenvalue weighted by Crippen LogP contribution is 2.20. The monoisotopic (exact) mass is 201 g/mol.